The van der Waals surface area contributed by atoms with Crippen LogP contribution >= 0.6 is 31.9 Å². The molecule has 0 aliphatic heterocycles. The number of hydrogen-bond donors (Lipinski definition) is 1. The van der Waals surface area contributed by atoms with Crippen LogP contribution in [0.5, 0.6) is 0 Å². The van der Waals surface area contributed by atoms with Crippen LogP contribution in [0.15, 0.2) is 57.5 Å². The first-order valence-corrected chi connectivity index (χ1v) is 8.97. The Morgan fingerprint density at radius 3 is 2.33 bits per heavy atom. The summed E-state index contributed by atoms with van der Waals surface area (Å²) in [4.78, 5) is 0. The first-order valence-electron chi connectivity index (χ1n) is 7.39. The monoisotopic (exact) mass is 407 g/mol. The summed E-state index contributed by atoms with van der Waals surface area (Å²) in [5.74, 6) is 0.703. The van der Waals surface area contributed by atoms with E-state index in [2.05, 4.69) is 92.6 Å². The van der Waals surface area contributed by atoms with Crippen LogP contribution in [0, 0.1) is 0 Å². The molecule has 0 amide bonds. The minimum absolute atomic E-state index is 0.399. The number of hydrogen-bond acceptors (Lipinski definition) is 1. The molecule has 1 nitrogen and oxygen atoms in total. The summed E-state index contributed by atoms with van der Waals surface area (Å²) in [6.07, 6.45) is 2.46. The second-order valence-corrected chi connectivity index (χ2v) is 7.69. The average Bonchev–Trinajstić information content (AvgIpc) is 2.42. The molecule has 3 rings (SSSR count). The zero-order valence-electron chi connectivity index (χ0n) is 12.0. The molecule has 110 valence electrons. The van der Waals surface area contributed by atoms with Crippen molar-refractivity contribution in [2.24, 2.45) is 0 Å². The fourth-order valence-electron chi connectivity index (χ4n) is 3.01. The minimum Gasteiger partial charge on any atom is -0.307 e. The van der Waals surface area contributed by atoms with Crippen molar-refractivity contribution < 1.29 is 0 Å². The van der Waals surface area contributed by atoms with Gasteiger partial charge in [-0.25, -0.2) is 0 Å². The van der Waals surface area contributed by atoms with Crippen molar-refractivity contribution in [2.75, 3.05) is 0 Å². The van der Waals surface area contributed by atoms with Crippen LogP contribution in [0.2, 0.25) is 0 Å². The molecule has 0 bridgehead atoms. The summed E-state index contributed by atoms with van der Waals surface area (Å²) in [5, 5.41) is 3.74. The van der Waals surface area contributed by atoms with Gasteiger partial charge in [0.1, 0.15) is 0 Å². The van der Waals surface area contributed by atoms with Crippen molar-refractivity contribution in [3.8, 4) is 0 Å². The molecule has 0 spiro atoms. The molecule has 1 aliphatic carbocycles. The summed E-state index contributed by atoms with van der Waals surface area (Å²) in [5.41, 5.74) is 2.80. The van der Waals surface area contributed by atoms with E-state index in [0.717, 1.165) is 4.47 Å². The van der Waals surface area contributed by atoms with Gasteiger partial charge >= 0.3 is 0 Å². The van der Waals surface area contributed by atoms with Crippen molar-refractivity contribution in [2.45, 2.75) is 37.8 Å². The van der Waals surface area contributed by atoms with Crippen molar-refractivity contribution >= 4 is 31.9 Å². The lowest BCUT2D eigenvalue weighted by Gasteiger charge is -2.38. The number of benzene rings is 2. The molecule has 1 aliphatic rings. The summed E-state index contributed by atoms with van der Waals surface area (Å²) in [6.45, 7) is 2.24. The smallest absolute Gasteiger partial charge is 0.0294 e. The largest absolute Gasteiger partial charge is 0.307 e. The van der Waals surface area contributed by atoms with E-state index in [0.29, 0.717) is 18.0 Å². The van der Waals surface area contributed by atoms with Crippen LogP contribution in [0.1, 0.15) is 42.9 Å². The third kappa shape index (κ3) is 3.77. The maximum atomic E-state index is 3.74. The van der Waals surface area contributed by atoms with Gasteiger partial charge in [0.25, 0.3) is 0 Å². The molecule has 21 heavy (non-hydrogen) atoms. The van der Waals surface area contributed by atoms with Crippen molar-refractivity contribution in [1.82, 2.24) is 5.32 Å². The minimum atomic E-state index is 0.399. The molecule has 2 aromatic rings. The van der Waals surface area contributed by atoms with E-state index >= 15 is 0 Å². The predicted octanol–water partition coefficient (Wildman–Crippen LogP) is 5.81. The highest BCUT2D eigenvalue weighted by atomic mass is 79.9. The molecule has 1 N–H and O–H groups in total. The van der Waals surface area contributed by atoms with Gasteiger partial charge in [0.05, 0.1) is 0 Å². The molecule has 1 saturated carbocycles. The van der Waals surface area contributed by atoms with Gasteiger partial charge in [-0.3, -0.25) is 0 Å². The lowest BCUT2D eigenvalue weighted by atomic mass is 9.75. The number of nitrogens with one attached hydrogen (secondary N) is 1. The van der Waals surface area contributed by atoms with Crippen molar-refractivity contribution in [1.29, 1.82) is 0 Å². The molecule has 0 aromatic heterocycles. The highest BCUT2D eigenvalue weighted by Crippen LogP contribution is 2.38. The van der Waals surface area contributed by atoms with E-state index in [9.17, 15) is 0 Å². The van der Waals surface area contributed by atoms with E-state index in [1.54, 1.807) is 0 Å². The SMILES string of the molecule is C[C@@H](NC1CC(c2cccc(Br)c2)C1)c1cccc(Br)c1. The predicted molar refractivity (Wildman–Crippen MR) is 95.6 cm³/mol. The van der Waals surface area contributed by atoms with Crippen molar-refractivity contribution in [3.05, 3.63) is 68.6 Å². The van der Waals surface area contributed by atoms with Gasteiger partial charge in [0.15, 0.2) is 0 Å². The Labute approximate surface area is 143 Å². The summed E-state index contributed by atoms with van der Waals surface area (Å²) in [7, 11) is 0. The zero-order valence-corrected chi connectivity index (χ0v) is 15.2. The van der Waals surface area contributed by atoms with E-state index in [1.807, 2.05) is 0 Å². The lowest BCUT2D eigenvalue weighted by Crippen LogP contribution is -2.41. The molecule has 1 atom stereocenters. The molecule has 0 unspecified atom stereocenters. The van der Waals surface area contributed by atoms with Crippen LogP contribution in [-0.2, 0) is 0 Å². The first kappa shape index (κ1) is 15.3. The fourth-order valence-corrected chi connectivity index (χ4v) is 3.85. The van der Waals surface area contributed by atoms with E-state index in [-0.39, 0.29) is 0 Å². The van der Waals surface area contributed by atoms with Crippen LogP contribution in [-0.4, -0.2) is 6.04 Å². The molecular formula is C18H19Br2N. The van der Waals surface area contributed by atoms with Crippen LogP contribution in [0.4, 0.5) is 0 Å². The van der Waals surface area contributed by atoms with E-state index in [4.69, 9.17) is 0 Å². The Hall–Kier alpha value is -0.640. The molecule has 0 heterocycles. The van der Waals surface area contributed by atoms with Gasteiger partial charge in [-0.2, -0.15) is 0 Å². The Morgan fingerprint density at radius 1 is 1.00 bits per heavy atom. The lowest BCUT2D eigenvalue weighted by molar-refractivity contribution is 0.271. The Morgan fingerprint density at radius 2 is 1.67 bits per heavy atom. The van der Waals surface area contributed by atoms with Gasteiger partial charge in [-0.05, 0) is 61.1 Å². The third-order valence-electron chi connectivity index (χ3n) is 4.29. The second-order valence-electron chi connectivity index (χ2n) is 5.86. The van der Waals surface area contributed by atoms with Gasteiger partial charge in [-0.1, -0.05) is 56.1 Å². The Balaban J connectivity index is 1.55. The summed E-state index contributed by atoms with van der Waals surface area (Å²) in [6, 6.07) is 18.3. The van der Waals surface area contributed by atoms with E-state index in [1.165, 1.54) is 28.4 Å². The zero-order chi connectivity index (χ0) is 14.8. The Kier molecular flexibility index (Phi) is 4.82. The number of halogens is 2. The highest BCUT2D eigenvalue weighted by Gasteiger charge is 2.31. The maximum absolute atomic E-state index is 3.74. The fraction of sp³-hybridized carbons (Fsp3) is 0.333. The quantitative estimate of drug-likeness (QED) is 0.673. The van der Waals surface area contributed by atoms with Crippen LogP contribution in [0.25, 0.3) is 0 Å². The van der Waals surface area contributed by atoms with E-state index < -0.39 is 0 Å². The third-order valence-corrected chi connectivity index (χ3v) is 5.28. The first-order chi connectivity index (χ1) is 10.1. The summed E-state index contributed by atoms with van der Waals surface area (Å²) >= 11 is 7.10. The molecule has 2 aromatic carbocycles. The van der Waals surface area contributed by atoms with Crippen LogP contribution in [0.3, 0.4) is 0 Å². The van der Waals surface area contributed by atoms with Gasteiger partial charge in [0.2, 0.25) is 0 Å². The van der Waals surface area contributed by atoms with Gasteiger partial charge < -0.3 is 5.32 Å². The Bertz CT molecular complexity index is 620. The topological polar surface area (TPSA) is 12.0 Å². The maximum Gasteiger partial charge on any atom is 0.0294 e. The number of rotatable bonds is 4. The standard InChI is InChI=1S/C18H19Br2N/c1-12(13-4-2-6-16(19)8-13)21-18-10-15(11-18)14-5-3-7-17(20)9-14/h2-9,12,15,18,21H,10-11H2,1H3/t12-,15?,18?/m1/s1. The average molecular weight is 409 g/mol. The molecular weight excluding hydrogens is 390 g/mol. The molecule has 1 fully saturated rings. The van der Waals surface area contributed by atoms with Gasteiger partial charge in [-0.15, -0.1) is 0 Å². The summed E-state index contributed by atoms with van der Waals surface area (Å²) < 4.78 is 2.33. The van der Waals surface area contributed by atoms with Gasteiger partial charge in [0, 0.05) is 21.0 Å². The van der Waals surface area contributed by atoms with Crippen LogP contribution < -0.4 is 5.32 Å². The molecule has 0 saturated heterocycles. The second kappa shape index (κ2) is 6.64. The normalized spacial score (nSPS) is 22.6. The molecule has 3 heteroatoms. The van der Waals surface area contributed by atoms with Crippen molar-refractivity contribution in [3.63, 3.8) is 0 Å². The highest BCUT2D eigenvalue weighted by molar-refractivity contribution is 9.10. The molecule has 0 radical (unpaired) electrons.